The number of hydrogen-bond acceptors (Lipinski definition) is 3. The molecule has 1 N–H and O–H groups in total. The number of nitriles is 1. The number of carbonyl (C=O) groups is 1. The Morgan fingerprint density at radius 3 is 2.62 bits per heavy atom. The fourth-order valence-corrected chi connectivity index (χ4v) is 4.92. The highest BCUT2D eigenvalue weighted by Crippen LogP contribution is 2.42. The van der Waals surface area contributed by atoms with Crippen LogP contribution < -0.4 is 0 Å². The Hall–Kier alpha value is -2.06. The fraction of sp³-hybridized carbons (Fsp3) is 0.619. The molecule has 0 bridgehead atoms. The first-order chi connectivity index (χ1) is 12.5. The first kappa shape index (κ1) is 18.7. The average Bonchev–Trinajstić information content (AvgIpc) is 3.12. The standard InChI is InChI=1S/C21H29N3O2/c1-3-24(20(25)26)18-10-13-23(14-18)17-8-11-21(15-22,12-9-17)19-7-5-4-6-16(19)2/h4-7,17-18H,3,8-14H2,1-2H3,(H,25,26)/t17?,18-,21?/m1/s1. The van der Waals surface area contributed by atoms with Crippen LogP contribution in [0.2, 0.25) is 0 Å². The molecule has 2 fully saturated rings. The monoisotopic (exact) mass is 355 g/mol. The minimum atomic E-state index is -0.814. The summed E-state index contributed by atoms with van der Waals surface area (Å²) in [6.45, 7) is 6.33. The van der Waals surface area contributed by atoms with Crippen LogP contribution in [0.3, 0.4) is 0 Å². The Morgan fingerprint density at radius 1 is 1.35 bits per heavy atom. The molecule has 1 saturated heterocycles. The second kappa shape index (κ2) is 7.67. The van der Waals surface area contributed by atoms with Crippen molar-refractivity contribution in [1.82, 2.24) is 9.80 Å². The van der Waals surface area contributed by atoms with Crippen LogP contribution in [0.5, 0.6) is 0 Å². The molecule has 0 radical (unpaired) electrons. The number of likely N-dealkylation sites (tertiary alicyclic amines) is 1. The maximum Gasteiger partial charge on any atom is 0.407 e. The second-order valence-corrected chi connectivity index (χ2v) is 7.75. The van der Waals surface area contributed by atoms with Gasteiger partial charge in [0.1, 0.15) is 0 Å². The lowest BCUT2D eigenvalue weighted by atomic mass is 9.68. The lowest BCUT2D eigenvalue weighted by Crippen LogP contribution is -2.44. The van der Waals surface area contributed by atoms with Crippen LogP contribution in [0.1, 0.15) is 50.2 Å². The van der Waals surface area contributed by atoms with E-state index in [2.05, 4.69) is 30.0 Å². The van der Waals surface area contributed by atoms with Gasteiger partial charge in [-0.15, -0.1) is 0 Å². The average molecular weight is 355 g/mol. The number of carboxylic acid groups (broad SMARTS) is 1. The molecule has 0 unspecified atom stereocenters. The van der Waals surface area contributed by atoms with E-state index in [1.54, 1.807) is 4.90 Å². The largest absolute Gasteiger partial charge is 0.465 e. The van der Waals surface area contributed by atoms with Gasteiger partial charge in [0.25, 0.3) is 0 Å². The van der Waals surface area contributed by atoms with Gasteiger partial charge >= 0.3 is 6.09 Å². The molecule has 140 valence electrons. The van der Waals surface area contributed by atoms with Crippen molar-refractivity contribution in [2.75, 3.05) is 19.6 Å². The molecule has 1 heterocycles. The summed E-state index contributed by atoms with van der Waals surface area (Å²) in [7, 11) is 0. The minimum Gasteiger partial charge on any atom is -0.465 e. The molecule has 2 aliphatic rings. The number of amides is 1. The van der Waals surface area contributed by atoms with Crippen molar-refractivity contribution in [3.63, 3.8) is 0 Å². The van der Waals surface area contributed by atoms with Gasteiger partial charge in [0.05, 0.1) is 11.5 Å². The first-order valence-corrected chi connectivity index (χ1v) is 9.71. The predicted molar refractivity (Wildman–Crippen MR) is 101 cm³/mol. The smallest absolute Gasteiger partial charge is 0.407 e. The molecular weight excluding hydrogens is 326 g/mol. The second-order valence-electron chi connectivity index (χ2n) is 7.75. The molecule has 1 aromatic carbocycles. The van der Waals surface area contributed by atoms with Crippen molar-refractivity contribution in [2.24, 2.45) is 0 Å². The van der Waals surface area contributed by atoms with Crippen LogP contribution in [0, 0.1) is 18.3 Å². The third-order valence-corrected chi connectivity index (χ3v) is 6.42. The molecule has 0 aromatic heterocycles. The molecular formula is C21H29N3O2. The van der Waals surface area contributed by atoms with Crippen molar-refractivity contribution in [2.45, 2.75) is 63.5 Å². The van der Waals surface area contributed by atoms with Crippen LogP contribution >= 0.6 is 0 Å². The predicted octanol–water partition coefficient (Wildman–Crippen LogP) is 3.77. The highest BCUT2D eigenvalue weighted by atomic mass is 16.4. The highest BCUT2D eigenvalue weighted by molar-refractivity contribution is 5.65. The summed E-state index contributed by atoms with van der Waals surface area (Å²) in [5, 5.41) is 19.3. The van der Waals surface area contributed by atoms with Gasteiger partial charge in [-0.25, -0.2) is 4.79 Å². The summed E-state index contributed by atoms with van der Waals surface area (Å²) in [5.74, 6) is 0. The van der Waals surface area contributed by atoms with Crippen molar-refractivity contribution in [3.8, 4) is 6.07 Å². The topological polar surface area (TPSA) is 67.6 Å². The van der Waals surface area contributed by atoms with Crippen LogP contribution in [-0.4, -0.2) is 52.7 Å². The van der Waals surface area contributed by atoms with Crippen LogP contribution in [0.25, 0.3) is 0 Å². The number of benzene rings is 1. The molecule has 0 spiro atoms. The molecule has 1 aromatic rings. The molecule has 5 heteroatoms. The maximum atomic E-state index is 11.4. The Labute approximate surface area is 156 Å². The lowest BCUT2D eigenvalue weighted by molar-refractivity contribution is 0.118. The third-order valence-electron chi connectivity index (χ3n) is 6.42. The first-order valence-electron chi connectivity index (χ1n) is 9.71. The molecule has 1 aliphatic carbocycles. The van der Waals surface area contributed by atoms with Gasteiger partial charge in [-0.1, -0.05) is 24.3 Å². The third kappa shape index (κ3) is 3.43. The lowest BCUT2D eigenvalue weighted by Gasteiger charge is -2.40. The van der Waals surface area contributed by atoms with Gasteiger partial charge in [0.15, 0.2) is 0 Å². The summed E-state index contributed by atoms with van der Waals surface area (Å²) in [4.78, 5) is 15.4. The molecule has 1 saturated carbocycles. The van der Waals surface area contributed by atoms with E-state index in [0.29, 0.717) is 12.6 Å². The van der Waals surface area contributed by atoms with Crippen molar-refractivity contribution in [3.05, 3.63) is 35.4 Å². The number of likely N-dealkylation sites (N-methyl/N-ethyl adjacent to an activating group) is 1. The van der Waals surface area contributed by atoms with Gasteiger partial charge < -0.3 is 10.0 Å². The maximum absolute atomic E-state index is 11.4. The summed E-state index contributed by atoms with van der Waals surface area (Å²) in [6, 6.07) is 11.5. The summed E-state index contributed by atoms with van der Waals surface area (Å²) >= 11 is 0. The Kier molecular flexibility index (Phi) is 5.52. The Bertz CT molecular complexity index is 689. The van der Waals surface area contributed by atoms with E-state index in [1.807, 2.05) is 19.1 Å². The SMILES string of the molecule is CCN(C(=O)O)[C@@H]1CCN(C2CCC(C#N)(c3ccccc3C)CC2)C1. The summed E-state index contributed by atoms with van der Waals surface area (Å²) in [5.41, 5.74) is 2.02. The molecule has 1 amide bonds. The van der Waals surface area contributed by atoms with Crippen LogP contribution in [0.15, 0.2) is 24.3 Å². The molecule has 3 rings (SSSR count). The Morgan fingerprint density at radius 2 is 2.04 bits per heavy atom. The van der Waals surface area contributed by atoms with Crippen LogP contribution in [-0.2, 0) is 5.41 Å². The van der Waals surface area contributed by atoms with Gasteiger partial charge in [-0.3, -0.25) is 4.90 Å². The molecule has 1 aliphatic heterocycles. The van der Waals surface area contributed by atoms with E-state index in [4.69, 9.17) is 0 Å². The summed E-state index contributed by atoms with van der Waals surface area (Å²) < 4.78 is 0. The van der Waals surface area contributed by atoms with Crippen molar-refractivity contribution in [1.29, 1.82) is 5.26 Å². The van der Waals surface area contributed by atoms with Crippen LogP contribution in [0.4, 0.5) is 4.79 Å². The quantitative estimate of drug-likeness (QED) is 0.893. The van der Waals surface area contributed by atoms with E-state index in [-0.39, 0.29) is 11.5 Å². The number of nitrogens with zero attached hydrogens (tertiary/aromatic N) is 3. The molecule has 5 nitrogen and oxygen atoms in total. The van der Waals surface area contributed by atoms with Gasteiger partial charge in [0, 0.05) is 31.7 Å². The zero-order valence-corrected chi connectivity index (χ0v) is 15.8. The fourth-order valence-electron chi connectivity index (χ4n) is 4.92. The van der Waals surface area contributed by atoms with E-state index >= 15 is 0 Å². The zero-order chi connectivity index (χ0) is 18.7. The van der Waals surface area contributed by atoms with Gasteiger partial charge in [-0.2, -0.15) is 5.26 Å². The van der Waals surface area contributed by atoms with Crippen molar-refractivity contribution < 1.29 is 9.90 Å². The Balaban J connectivity index is 1.65. The zero-order valence-electron chi connectivity index (χ0n) is 15.8. The van der Waals surface area contributed by atoms with E-state index < -0.39 is 6.09 Å². The van der Waals surface area contributed by atoms with E-state index in [1.165, 1.54) is 11.1 Å². The van der Waals surface area contributed by atoms with E-state index in [9.17, 15) is 15.2 Å². The number of aryl methyl sites for hydroxylation is 1. The minimum absolute atomic E-state index is 0.108. The van der Waals surface area contributed by atoms with Gasteiger partial charge in [-0.05, 0) is 57.1 Å². The molecule has 26 heavy (non-hydrogen) atoms. The highest BCUT2D eigenvalue weighted by Gasteiger charge is 2.41. The normalized spacial score (nSPS) is 29.3. The van der Waals surface area contributed by atoms with Gasteiger partial charge in [0.2, 0.25) is 0 Å². The number of rotatable bonds is 4. The van der Waals surface area contributed by atoms with E-state index in [0.717, 1.165) is 45.2 Å². The summed E-state index contributed by atoms with van der Waals surface area (Å²) in [6.07, 6.45) is 3.89. The molecule has 1 atom stereocenters. The van der Waals surface area contributed by atoms with Crippen molar-refractivity contribution >= 4 is 6.09 Å². The number of hydrogen-bond donors (Lipinski definition) is 1.